The molecule has 1 N–H and O–H groups in total. The molecule has 3 aromatic rings. The standard InChI is InChI=1S/C24H30N4O3S/c1-15-8-9-17(19(13-15)30-5)20-21-18(10-12-32-21)22(27-26-20)25-16-7-6-11-28(14-16)23(29)31-24(2,3)4/h8-10,12-13,16H,6-7,11,14H2,1-5H3,(H,25,27)/t16-/m1/s1. The molecule has 0 spiro atoms. The number of carbonyl (C=O) groups is 1. The fourth-order valence-corrected chi connectivity index (χ4v) is 4.83. The Kier molecular flexibility index (Phi) is 6.24. The van der Waals surface area contributed by atoms with Crippen LogP contribution in [-0.4, -0.2) is 53.0 Å². The van der Waals surface area contributed by atoms with E-state index in [9.17, 15) is 4.79 Å². The Morgan fingerprint density at radius 2 is 2.06 bits per heavy atom. The first-order valence-corrected chi connectivity index (χ1v) is 11.8. The van der Waals surface area contributed by atoms with Crippen molar-refractivity contribution in [1.29, 1.82) is 0 Å². The number of methoxy groups -OCH3 is 1. The van der Waals surface area contributed by atoms with Crippen LogP contribution < -0.4 is 10.1 Å². The maximum atomic E-state index is 12.5. The number of hydrogen-bond donors (Lipinski definition) is 1. The number of piperidine rings is 1. The van der Waals surface area contributed by atoms with E-state index in [0.29, 0.717) is 13.1 Å². The molecule has 170 valence electrons. The number of amides is 1. The monoisotopic (exact) mass is 454 g/mol. The van der Waals surface area contributed by atoms with E-state index in [-0.39, 0.29) is 12.1 Å². The molecule has 4 rings (SSSR count). The molecule has 1 aliphatic rings. The first-order chi connectivity index (χ1) is 15.2. The highest BCUT2D eigenvalue weighted by atomic mass is 32.1. The van der Waals surface area contributed by atoms with Gasteiger partial charge in [-0.3, -0.25) is 0 Å². The number of aryl methyl sites for hydroxylation is 1. The van der Waals surface area contributed by atoms with Gasteiger partial charge in [-0.15, -0.1) is 21.5 Å². The molecule has 0 saturated carbocycles. The molecule has 3 heterocycles. The molecular formula is C24H30N4O3S. The number of nitrogens with zero attached hydrogens (tertiary/aromatic N) is 3. The van der Waals surface area contributed by atoms with Gasteiger partial charge < -0.3 is 19.7 Å². The number of rotatable bonds is 4. The van der Waals surface area contributed by atoms with Gasteiger partial charge in [-0.05, 0) is 69.7 Å². The summed E-state index contributed by atoms with van der Waals surface area (Å²) >= 11 is 1.64. The van der Waals surface area contributed by atoms with E-state index >= 15 is 0 Å². The minimum Gasteiger partial charge on any atom is -0.496 e. The minimum absolute atomic E-state index is 0.0911. The Balaban J connectivity index is 1.57. The molecular weight excluding hydrogens is 424 g/mol. The number of carbonyl (C=O) groups excluding carboxylic acids is 1. The van der Waals surface area contributed by atoms with Crippen molar-refractivity contribution in [3.05, 3.63) is 35.2 Å². The van der Waals surface area contributed by atoms with E-state index in [4.69, 9.17) is 9.47 Å². The lowest BCUT2D eigenvalue weighted by Gasteiger charge is -2.34. The van der Waals surface area contributed by atoms with Gasteiger partial charge in [0.25, 0.3) is 0 Å². The van der Waals surface area contributed by atoms with Gasteiger partial charge in [-0.25, -0.2) is 4.79 Å². The normalized spacial score (nSPS) is 16.8. The Bertz CT molecular complexity index is 1120. The Morgan fingerprint density at radius 3 is 2.81 bits per heavy atom. The van der Waals surface area contributed by atoms with Crippen LogP contribution in [0.15, 0.2) is 29.6 Å². The highest BCUT2D eigenvalue weighted by Crippen LogP contribution is 2.38. The summed E-state index contributed by atoms with van der Waals surface area (Å²) in [6.07, 6.45) is 1.60. The van der Waals surface area contributed by atoms with E-state index in [1.54, 1.807) is 23.3 Å². The summed E-state index contributed by atoms with van der Waals surface area (Å²) in [4.78, 5) is 14.3. The lowest BCUT2D eigenvalue weighted by atomic mass is 10.1. The number of hydrogen-bond acceptors (Lipinski definition) is 7. The largest absolute Gasteiger partial charge is 0.496 e. The number of benzene rings is 1. The summed E-state index contributed by atoms with van der Waals surface area (Å²) in [5, 5.41) is 15.7. The number of anilines is 1. The second kappa shape index (κ2) is 8.94. The fraction of sp³-hybridized carbons (Fsp3) is 0.458. The predicted molar refractivity (Wildman–Crippen MR) is 129 cm³/mol. The highest BCUT2D eigenvalue weighted by Gasteiger charge is 2.28. The molecule has 7 nitrogen and oxygen atoms in total. The van der Waals surface area contributed by atoms with Gasteiger partial charge in [-0.2, -0.15) is 0 Å². The van der Waals surface area contributed by atoms with Crippen molar-refractivity contribution in [1.82, 2.24) is 15.1 Å². The van der Waals surface area contributed by atoms with E-state index < -0.39 is 5.60 Å². The van der Waals surface area contributed by atoms with Crippen LogP contribution in [0.1, 0.15) is 39.2 Å². The molecule has 1 atom stereocenters. The second-order valence-corrected chi connectivity index (χ2v) is 10.1. The Hall–Kier alpha value is -2.87. The third kappa shape index (κ3) is 4.80. The highest BCUT2D eigenvalue weighted by molar-refractivity contribution is 7.17. The number of likely N-dealkylation sites (tertiary alicyclic amines) is 1. The molecule has 2 aromatic heterocycles. The third-order valence-corrected chi connectivity index (χ3v) is 6.33. The van der Waals surface area contributed by atoms with E-state index in [0.717, 1.165) is 51.3 Å². The smallest absolute Gasteiger partial charge is 0.410 e. The van der Waals surface area contributed by atoms with Crippen LogP contribution in [0.3, 0.4) is 0 Å². The number of thiophene rings is 1. The average Bonchev–Trinajstić information content (AvgIpc) is 3.24. The van der Waals surface area contributed by atoms with Gasteiger partial charge in [0.1, 0.15) is 17.0 Å². The third-order valence-electron chi connectivity index (χ3n) is 5.41. The molecule has 1 amide bonds. The zero-order chi connectivity index (χ0) is 22.9. The number of aromatic nitrogens is 2. The van der Waals surface area contributed by atoms with Crippen LogP contribution in [0.4, 0.5) is 10.6 Å². The molecule has 1 fully saturated rings. The first kappa shape index (κ1) is 22.3. The van der Waals surface area contributed by atoms with Crippen molar-refractivity contribution >= 4 is 33.3 Å². The molecule has 1 saturated heterocycles. The van der Waals surface area contributed by atoms with Crippen LogP contribution in [0.2, 0.25) is 0 Å². The lowest BCUT2D eigenvalue weighted by molar-refractivity contribution is 0.0206. The molecule has 8 heteroatoms. The molecule has 1 aromatic carbocycles. The van der Waals surface area contributed by atoms with Crippen molar-refractivity contribution in [3.8, 4) is 17.0 Å². The van der Waals surface area contributed by atoms with Gasteiger partial charge >= 0.3 is 6.09 Å². The van der Waals surface area contributed by atoms with E-state index in [1.165, 1.54) is 0 Å². The van der Waals surface area contributed by atoms with Gasteiger partial charge in [0.05, 0.1) is 11.8 Å². The van der Waals surface area contributed by atoms with Crippen molar-refractivity contribution in [2.24, 2.45) is 0 Å². The minimum atomic E-state index is -0.501. The maximum absolute atomic E-state index is 12.5. The van der Waals surface area contributed by atoms with Gasteiger partial charge in [0.2, 0.25) is 0 Å². The fourth-order valence-electron chi connectivity index (χ4n) is 3.94. The molecule has 0 aliphatic carbocycles. The number of nitrogens with one attached hydrogen (secondary N) is 1. The summed E-state index contributed by atoms with van der Waals surface area (Å²) < 4.78 is 12.2. The quantitative estimate of drug-likeness (QED) is 0.562. The zero-order valence-corrected chi connectivity index (χ0v) is 20.1. The van der Waals surface area contributed by atoms with Crippen LogP contribution in [0, 0.1) is 6.92 Å². The lowest BCUT2D eigenvalue weighted by Crippen LogP contribution is -2.47. The van der Waals surface area contributed by atoms with Crippen LogP contribution >= 0.6 is 11.3 Å². The van der Waals surface area contributed by atoms with Gasteiger partial charge in [0.15, 0.2) is 5.82 Å². The molecule has 0 radical (unpaired) electrons. The molecule has 32 heavy (non-hydrogen) atoms. The Morgan fingerprint density at radius 1 is 1.25 bits per heavy atom. The number of fused-ring (bicyclic) bond motifs is 1. The van der Waals surface area contributed by atoms with Crippen molar-refractivity contribution in [2.45, 2.75) is 52.2 Å². The summed E-state index contributed by atoms with van der Waals surface area (Å²) in [6.45, 7) is 8.99. The topological polar surface area (TPSA) is 76.6 Å². The summed E-state index contributed by atoms with van der Waals surface area (Å²) in [7, 11) is 1.67. The average molecular weight is 455 g/mol. The molecule has 0 unspecified atom stereocenters. The number of ether oxygens (including phenoxy) is 2. The van der Waals surface area contributed by atoms with Crippen LogP contribution in [0.25, 0.3) is 21.3 Å². The second-order valence-electron chi connectivity index (χ2n) is 9.17. The predicted octanol–water partition coefficient (Wildman–Crippen LogP) is 5.49. The first-order valence-electron chi connectivity index (χ1n) is 10.9. The van der Waals surface area contributed by atoms with Crippen molar-refractivity contribution in [2.75, 3.05) is 25.5 Å². The molecule has 0 bridgehead atoms. The molecule has 1 aliphatic heterocycles. The Labute approximate surface area is 192 Å². The van der Waals surface area contributed by atoms with Crippen molar-refractivity contribution in [3.63, 3.8) is 0 Å². The van der Waals surface area contributed by atoms with Crippen LogP contribution in [-0.2, 0) is 4.74 Å². The van der Waals surface area contributed by atoms with E-state index in [1.807, 2.05) is 39.8 Å². The summed E-state index contributed by atoms with van der Waals surface area (Å²) in [5.41, 5.74) is 2.37. The van der Waals surface area contributed by atoms with Crippen LogP contribution in [0.5, 0.6) is 5.75 Å². The van der Waals surface area contributed by atoms with E-state index in [2.05, 4.69) is 33.0 Å². The maximum Gasteiger partial charge on any atom is 0.410 e. The zero-order valence-electron chi connectivity index (χ0n) is 19.3. The SMILES string of the molecule is COc1cc(C)ccc1-c1nnc(N[C@@H]2CCCN(C(=O)OC(C)(C)C)C2)c2ccsc12. The summed E-state index contributed by atoms with van der Waals surface area (Å²) in [5.74, 6) is 1.53. The van der Waals surface area contributed by atoms with Gasteiger partial charge in [-0.1, -0.05) is 6.07 Å². The van der Waals surface area contributed by atoms with Gasteiger partial charge in [0, 0.05) is 30.1 Å². The van der Waals surface area contributed by atoms with Crippen molar-refractivity contribution < 1.29 is 14.3 Å². The summed E-state index contributed by atoms with van der Waals surface area (Å²) in [6, 6.07) is 8.25.